The molecule has 2 atom stereocenters. The number of benzene rings is 3. The van der Waals surface area contributed by atoms with Gasteiger partial charge in [0.1, 0.15) is 0 Å². The van der Waals surface area contributed by atoms with Gasteiger partial charge in [-0.2, -0.15) is 13.2 Å². The molecule has 3 aromatic carbocycles. The zero-order valence-corrected chi connectivity index (χ0v) is 20.6. The molecule has 0 saturated heterocycles. The first-order chi connectivity index (χ1) is 16.5. The SMILES string of the molecule is C[As](CCC(Oc1ccc(C(=O)c2ccc(C(F)(F)F)cc2)cc1)c1ccc(F)cc1)CC(=O)O. The third kappa shape index (κ3) is 7.69. The molecule has 4 nitrogen and oxygen atoms in total. The maximum atomic E-state index is 13.4. The molecule has 0 heterocycles. The normalized spacial score (nSPS) is 13.2. The summed E-state index contributed by atoms with van der Waals surface area (Å²) in [6.07, 6.45) is -4.35. The van der Waals surface area contributed by atoms with Crippen LogP contribution >= 0.6 is 0 Å². The molecule has 0 bridgehead atoms. The zero-order chi connectivity index (χ0) is 25.6. The van der Waals surface area contributed by atoms with Gasteiger partial charge < -0.3 is 0 Å². The van der Waals surface area contributed by atoms with Crippen molar-refractivity contribution in [2.75, 3.05) is 0 Å². The molecule has 1 N–H and O–H groups in total. The molecule has 0 spiro atoms. The number of hydrogen-bond donors (Lipinski definition) is 1. The van der Waals surface area contributed by atoms with Crippen LogP contribution in [0.4, 0.5) is 17.6 Å². The summed E-state index contributed by atoms with van der Waals surface area (Å²) in [6.45, 7) is 0. The van der Waals surface area contributed by atoms with E-state index < -0.39 is 44.2 Å². The van der Waals surface area contributed by atoms with Gasteiger partial charge in [0.05, 0.1) is 5.56 Å². The summed E-state index contributed by atoms with van der Waals surface area (Å²) < 4.78 is 57.7. The van der Waals surface area contributed by atoms with Crippen LogP contribution in [0, 0.1) is 5.82 Å². The molecule has 0 amide bonds. The van der Waals surface area contributed by atoms with Gasteiger partial charge in [-0.25, -0.2) is 0 Å². The fourth-order valence-electron chi connectivity index (χ4n) is 3.45. The van der Waals surface area contributed by atoms with Crippen molar-refractivity contribution < 1.29 is 37.0 Å². The van der Waals surface area contributed by atoms with Crippen LogP contribution in [-0.4, -0.2) is 31.5 Å². The minimum atomic E-state index is -4.48. The molecule has 2 unspecified atom stereocenters. The first-order valence-corrected chi connectivity index (χ1v) is 15.2. The van der Waals surface area contributed by atoms with Crippen molar-refractivity contribution >= 4 is 26.4 Å². The number of aliphatic carboxylic acids is 1. The van der Waals surface area contributed by atoms with Crippen LogP contribution in [0.5, 0.6) is 5.75 Å². The molecular formula is C26H23AsF4O4. The molecule has 0 aliphatic heterocycles. The number of alkyl halides is 3. The molecule has 3 aromatic rings. The fraction of sp³-hybridized carbons (Fsp3) is 0.231. The van der Waals surface area contributed by atoms with E-state index in [0.29, 0.717) is 22.9 Å². The first kappa shape index (κ1) is 26.5. The summed E-state index contributed by atoms with van der Waals surface area (Å²) >= 11 is -1.57. The Morgan fingerprint density at radius 2 is 1.46 bits per heavy atom. The van der Waals surface area contributed by atoms with E-state index in [-0.39, 0.29) is 16.6 Å². The van der Waals surface area contributed by atoms with Gasteiger partial charge in [-0.15, -0.1) is 0 Å². The standard InChI is InChI=1S/C26H23AsF4O4/c1-27(16-24(32)33)15-14-23(17-4-10-21(28)11-5-17)35-22-12-6-19(7-13-22)25(34)18-2-8-20(9-3-18)26(29,30)31/h2-13,23H,14-16H2,1H3,(H,32,33). The number of ketones is 1. The van der Waals surface area contributed by atoms with Gasteiger partial charge in [0.2, 0.25) is 0 Å². The summed E-state index contributed by atoms with van der Waals surface area (Å²) in [7, 11) is 0. The number of rotatable bonds is 10. The van der Waals surface area contributed by atoms with Gasteiger partial charge in [0.15, 0.2) is 0 Å². The van der Waals surface area contributed by atoms with Crippen LogP contribution in [0.3, 0.4) is 0 Å². The molecule has 0 fully saturated rings. The van der Waals surface area contributed by atoms with E-state index >= 15 is 0 Å². The van der Waals surface area contributed by atoms with Crippen LogP contribution < -0.4 is 4.74 Å². The second-order valence-electron chi connectivity index (χ2n) is 8.01. The van der Waals surface area contributed by atoms with E-state index in [1.54, 1.807) is 24.3 Å². The minimum absolute atomic E-state index is 0.133. The number of carboxylic acid groups (broad SMARTS) is 1. The summed E-state index contributed by atoms with van der Waals surface area (Å²) in [5, 5.41) is 9.90. The monoisotopic (exact) mass is 550 g/mol. The molecule has 0 saturated carbocycles. The number of carbonyl (C=O) groups excluding carboxylic acids is 1. The van der Waals surface area contributed by atoms with Crippen LogP contribution in [0.15, 0.2) is 72.8 Å². The summed E-state index contributed by atoms with van der Waals surface area (Å²) in [4.78, 5) is 23.6. The second kappa shape index (κ2) is 11.5. The Bertz CT molecular complexity index is 1140. The number of hydrogen-bond acceptors (Lipinski definition) is 3. The Morgan fingerprint density at radius 1 is 0.914 bits per heavy atom. The van der Waals surface area contributed by atoms with Gasteiger partial charge in [-0.1, -0.05) is 0 Å². The van der Waals surface area contributed by atoms with Crippen molar-refractivity contribution in [1.29, 1.82) is 0 Å². The number of ether oxygens (including phenoxy) is 1. The molecule has 9 heteroatoms. The van der Waals surface area contributed by atoms with Crippen LogP contribution in [0.25, 0.3) is 0 Å². The van der Waals surface area contributed by atoms with E-state index in [2.05, 4.69) is 0 Å². The maximum absolute atomic E-state index is 13.4. The second-order valence-corrected chi connectivity index (χ2v) is 13.2. The Hall–Kier alpha value is -3.12. The van der Waals surface area contributed by atoms with E-state index in [0.717, 1.165) is 29.8 Å². The molecular weight excluding hydrogens is 527 g/mol. The van der Waals surface area contributed by atoms with Crippen molar-refractivity contribution in [2.24, 2.45) is 0 Å². The Kier molecular flexibility index (Phi) is 8.73. The third-order valence-electron chi connectivity index (χ3n) is 5.29. The molecule has 0 aliphatic carbocycles. The quantitative estimate of drug-likeness (QED) is 0.172. The van der Waals surface area contributed by atoms with E-state index in [9.17, 15) is 27.2 Å². The summed E-state index contributed by atoms with van der Waals surface area (Å²) in [5.74, 6) is -1.17. The molecule has 184 valence electrons. The van der Waals surface area contributed by atoms with Crippen LogP contribution in [0.1, 0.15) is 39.6 Å². The average molecular weight is 550 g/mol. The zero-order valence-electron chi connectivity index (χ0n) is 18.8. The molecule has 35 heavy (non-hydrogen) atoms. The van der Waals surface area contributed by atoms with Gasteiger partial charge in [-0.05, 0) is 0 Å². The molecule has 3 rings (SSSR count). The summed E-state index contributed by atoms with van der Waals surface area (Å²) in [6, 6.07) is 16.1. The van der Waals surface area contributed by atoms with Crippen molar-refractivity contribution in [3.63, 3.8) is 0 Å². The average Bonchev–Trinajstić information content (AvgIpc) is 2.81. The predicted octanol–water partition coefficient (Wildman–Crippen LogP) is 6.79. The van der Waals surface area contributed by atoms with Crippen molar-refractivity contribution in [1.82, 2.24) is 0 Å². The van der Waals surface area contributed by atoms with Crippen LogP contribution in [0.2, 0.25) is 16.1 Å². The fourth-order valence-corrected chi connectivity index (χ4v) is 6.16. The summed E-state index contributed by atoms with van der Waals surface area (Å²) in [5.41, 5.74) is 2.32. The van der Waals surface area contributed by atoms with Crippen molar-refractivity contribution in [2.45, 2.75) is 34.8 Å². The Labute approximate surface area is 204 Å². The molecule has 0 aliphatic rings. The number of carbonyl (C=O) groups is 2. The first-order valence-electron chi connectivity index (χ1n) is 10.7. The van der Waals surface area contributed by atoms with E-state index in [1.165, 1.54) is 24.3 Å². The Balaban J connectivity index is 1.73. The number of halogens is 4. The molecule has 0 aromatic heterocycles. The van der Waals surface area contributed by atoms with Gasteiger partial charge >= 0.3 is 186 Å². The van der Waals surface area contributed by atoms with Crippen molar-refractivity contribution in [3.8, 4) is 5.75 Å². The van der Waals surface area contributed by atoms with Crippen molar-refractivity contribution in [3.05, 3.63) is 101 Å². The van der Waals surface area contributed by atoms with Gasteiger partial charge in [0.25, 0.3) is 0 Å². The molecule has 0 radical (unpaired) electrons. The topological polar surface area (TPSA) is 63.6 Å². The third-order valence-corrected chi connectivity index (χ3v) is 9.13. The predicted molar refractivity (Wildman–Crippen MR) is 125 cm³/mol. The Morgan fingerprint density at radius 3 is 1.97 bits per heavy atom. The van der Waals surface area contributed by atoms with Crippen LogP contribution in [-0.2, 0) is 11.0 Å². The van der Waals surface area contributed by atoms with Gasteiger partial charge in [-0.3, -0.25) is 0 Å². The van der Waals surface area contributed by atoms with E-state index in [1.807, 2.05) is 5.71 Å². The number of carboxylic acids is 1. The van der Waals surface area contributed by atoms with E-state index in [4.69, 9.17) is 9.84 Å². The van der Waals surface area contributed by atoms with Gasteiger partial charge in [0, 0.05) is 0 Å².